The van der Waals surface area contributed by atoms with Crippen molar-refractivity contribution in [2.45, 2.75) is 56.6 Å². The van der Waals surface area contributed by atoms with E-state index in [1.165, 1.54) is 5.56 Å². The number of aromatic nitrogens is 3. The topological polar surface area (TPSA) is 60.2 Å². The van der Waals surface area contributed by atoms with Gasteiger partial charge in [-0.05, 0) is 38.7 Å². The molecule has 1 saturated heterocycles. The third-order valence-electron chi connectivity index (χ3n) is 5.04. The van der Waals surface area contributed by atoms with Gasteiger partial charge in [0.2, 0.25) is 0 Å². The molecular weight excluding hydrogens is 302 g/mol. The summed E-state index contributed by atoms with van der Waals surface area (Å²) in [6, 6.07) is 10.5. The molecule has 5 heteroatoms. The number of benzene rings is 1. The Morgan fingerprint density at radius 3 is 2.62 bits per heavy atom. The molecule has 0 bridgehead atoms. The van der Waals surface area contributed by atoms with Crippen LogP contribution in [0.25, 0.3) is 0 Å². The number of hydrogen-bond acceptors (Lipinski definition) is 4. The van der Waals surface area contributed by atoms with Crippen LogP contribution in [-0.4, -0.2) is 38.7 Å². The number of rotatable bonds is 5. The van der Waals surface area contributed by atoms with Crippen LogP contribution >= 0.6 is 0 Å². The second kappa shape index (κ2) is 5.67. The van der Waals surface area contributed by atoms with Crippen molar-refractivity contribution in [3.8, 4) is 0 Å². The Kier molecular flexibility index (Phi) is 3.73. The van der Waals surface area contributed by atoms with Gasteiger partial charge in [0.1, 0.15) is 5.82 Å². The van der Waals surface area contributed by atoms with E-state index in [1.54, 1.807) is 0 Å². The Bertz CT molecular complexity index is 708. The Morgan fingerprint density at radius 2 is 2.04 bits per heavy atom. The van der Waals surface area contributed by atoms with E-state index in [9.17, 15) is 5.11 Å². The molecule has 5 nitrogen and oxygen atoms in total. The zero-order valence-corrected chi connectivity index (χ0v) is 14.4. The molecule has 1 saturated carbocycles. The summed E-state index contributed by atoms with van der Waals surface area (Å²) in [5.41, 5.74) is 0.433. The molecule has 1 aliphatic carbocycles. The van der Waals surface area contributed by atoms with Crippen LogP contribution in [0, 0.1) is 0 Å². The number of ether oxygens (including phenoxy) is 1. The lowest BCUT2D eigenvalue weighted by molar-refractivity contribution is 0.0559. The fourth-order valence-electron chi connectivity index (χ4n) is 3.60. The van der Waals surface area contributed by atoms with Gasteiger partial charge in [-0.2, -0.15) is 5.10 Å². The zero-order chi connectivity index (χ0) is 16.8. The van der Waals surface area contributed by atoms with Crippen molar-refractivity contribution in [2.75, 3.05) is 13.2 Å². The average Bonchev–Trinajstić information content (AvgIpc) is 2.98. The molecule has 128 valence electrons. The molecule has 4 rings (SSSR count). The van der Waals surface area contributed by atoms with Gasteiger partial charge < -0.3 is 9.84 Å². The highest BCUT2D eigenvalue weighted by Crippen LogP contribution is 2.52. The van der Waals surface area contributed by atoms with E-state index in [0.29, 0.717) is 13.2 Å². The summed E-state index contributed by atoms with van der Waals surface area (Å²) >= 11 is 0. The molecule has 1 aliphatic heterocycles. The van der Waals surface area contributed by atoms with Crippen LogP contribution in [-0.2, 0) is 16.7 Å². The summed E-state index contributed by atoms with van der Waals surface area (Å²) in [5, 5.41) is 15.1. The van der Waals surface area contributed by atoms with E-state index in [0.717, 1.165) is 37.5 Å². The van der Waals surface area contributed by atoms with Crippen molar-refractivity contribution >= 4 is 0 Å². The Hall–Kier alpha value is -1.72. The van der Waals surface area contributed by atoms with E-state index in [2.05, 4.69) is 24.3 Å². The van der Waals surface area contributed by atoms with Crippen LogP contribution in [0.1, 0.15) is 56.2 Å². The summed E-state index contributed by atoms with van der Waals surface area (Å²) in [4.78, 5) is 4.95. The normalized spacial score (nSPS) is 22.7. The quantitative estimate of drug-likeness (QED) is 0.917. The van der Waals surface area contributed by atoms with Gasteiger partial charge in [-0.15, -0.1) is 0 Å². The van der Waals surface area contributed by atoms with Gasteiger partial charge in [0.25, 0.3) is 0 Å². The first kappa shape index (κ1) is 15.8. The van der Waals surface area contributed by atoms with Crippen molar-refractivity contribution < 1.29 is 9.84 Å². The molecule has 2 heterocycles. The first-order valence-corrected chi connectivity index (χ1v) is 8.79. The standard InChI is InChI=1S/C19H25N3O2/c1-18(2,23)13-22-16(14-8-11-24-12-14)20-17(21-22)19(9-10-19)15-6-4-3-5-7-15/h3-7,14,23H,8-13H2,1-2H3/t14-/m1/s1. The monoisotopic (exact) mass is 327 g/mol. The van der Waals surface area contributed by atoms with Gasteiger partial charge in [-0.25, -0.2) is 9.67 Å². The zero-order valence-electron chi connectivity index (χ0n) is 14.4. The van der Waals surface area contributed by atoms with Gasteiger partial charge in [0.05, 0.1) is 24.2 Å². The SMILES string of the molecule is CC(C)(O)Cn1nc(C2(c3ccccc3)CC2)nc1[C@@H]1CCOC1. The summed E-state index contributed by atoms with van der Waals surface area (Å²) in [5.74, 6) is 2.15. The minimum absolute atomic E-state index is 0.0413. The van der Waals surface area contributed by atoms with Crippen molar-refractivity contribution in [3.05, 3.63) is 47.5 Å². The highest BCUT2D eigenvalue weighted by Gasteiger charge is 2.50. The molecule has 1 aromatic carbocycles. The molecule has 2 aliphatic rings. The maximum atomic E-state index is 10.3. The molecule has 24 heavy (non-hydrogen) atoms. The fraction of sp³-hybridized carbons (Fsp3) is 0.579. The van der Waals surface area contributed by atoms with Crippen LogP contribution in [0.2, 0.25) is 0 Å². The van der Waals surface area contributed by atoms with Crippen LogP contribution in [0.3, 0.4) is 0 Å². The van der Waals surface area contributed by atoms with Crippen molar-refractivity contribution in [1.82, 2.24) is 14.8 Å². The molecule has 0 radical (unpaired) electrons. The highest BCUT2D eigenvalue weighted by atomic mass is 16.5. The van der Waals surface area contributed by atoms with Gasteiger partial charge in [0, 0.05) is 12.5 Å². The summed E-state index contributed by atoms with van der Waals surface area (Å²) < 4.78 is 7.46. The van der Waals surface area contributed by atoms with Gasteiger partial charge in [0.15, 0.2) is 5.82 Å². The van der Waals surface area contributed by atoms with Crippen molar-refractivity contribution in [2.24, 2.45) is 0 Å². The molecule has 1 atom stereocenters. The van der Waals surface area contributed by atoms with E-state index in [1.807, 2.05) is 24.6 Å². The minimum Gasteiger partial charge on any atom is -0.389 e. The number of nitrogens with zero attached hydrogens (tertiary/aromatic N) is 3. The first-order valence-electron chi connectivity index (χ1n) is 8.79. The molecule has 1 aromatic heterocycles. The van der Waals surface area contributed by atoms with Gasteiger partial charge in [-0.1, -0.05) is 30.3 Å². The van der Waals surface area contributed by atoms with E-state index in [-0.39, 0.29) is 11.3 Å². The smallest absolute Gasteiger partial charge is 0.161 e. The molecule has 2 fully saturated rings. The highest BCUT2D eigenvalue weighted by molar-refractivity contribution is 5.39. The number of aliphatic hydroxyl groups is 1. The summed E-state index contributed by atoms with van der Waals surface area (Å²) in [7, 11) is 0. The van der Waals surface area contributed by atoms with E-state index < -0.39 is 5.60 Å². The first-order chi connectivity index (χ1) is 11.5. The lowest BCUT2D eigenvalue weighted by atomic mass is 9.95. The van der Waals surface area contributed by atoms with Crippen molar-refractivity contribution in [1.29, 1.82) is 0 Å². The molecule has 0 spiro atoms. The number of hydrogen-bond donors (Lipinski definition) is 1. The molecule has 1 N–H and O–H groups in total. The molecule has 0 unspecified atom stereocenters. The lowest BCUT2D eigenvalue weighted by Crippen LogP contribution is -2.28. The summed E-state index contributed by atoms with van der Waals surface area (Å²) in [6.07, 6.45) is 3.15. The second-order valence-electron chi connectivity index (χ2n) is 7.77. The van der Waals surface area contributed by atoms with Crippen LogP contribution in [0.15, 0.2) is 30.3 Å². The predicted molar refractivity (Wildman–Crippen MR) is 91.0 cm³/mol. The minimum atomic E-state index is -0.817. The van der Waals surface area contributed by atoms with Crippen LogP contribution in [0.4, 0.5) is 0 Å². The second-order valence-corrected chi connectivity index (χ2v) is 7.77. The molecular formula is C19H25N3O2. The van der Waals surface area contributed by atoms with Crippen LogP contribution < -0.4 is 0 Å². The molecule has 2 aromatic rings. The summed E-state index contributed by atoms with van der Waals surface area (Å²) in [6.45, 7) is 5.55. The maximum absolute atomic E-state index is 10.3. The molecule has 0 amide bonds. The third kappa shape index (κ3) is 2.87. The lowest BCUT2D eigenvalue weighted by Gasteiger charge is -2.19. The van der Waals surface area contributed by atoms with E-state index in [4.69, 9.17) is 14.8 Å². The van der Waals surface area contributed by atoms with Crippen molar-refractivity contribution in [3.63, 3.8) is 0 Å². The van der Waals surface area contributed by atoms with Gasteiger partial charge in [-0.3, -0.25) is 0 Å². The largest absolute Gasteiger partial charge is 0.389 e. The Morgan fingerprint density at radius 1 is 1.29 bits per heavy atom. The Balaban J connectivity index is 1.73. The third-order valence-corrected chi connectivity index (χ3v) is 5.04. The van der Waals surface area contributed by atoms with E-state index >= 15 is 0 Å². The predicted octanol–water partition coefficient (Wildman–Crippen LogP) is 2.63. The average molecular weight is 327 g/mol. The maximum Gasteiger partial charge on any atom is 0.161 e. The Labute approximate surface area is 142 Å². The van der Waals surface area contributed by atoms with Crippen LogP contribution in [0.5, 0.6) is 0 Å². The van der Waals surface area contributed by atoms with Gasteiger partial charge >= 0.3 is 0 Å². The fourth-order valence-corrected chi connectivity index (χ4v) is 3.60.